The van der Waals surface area contributed by atoms with Crippen LogP contribution in [-0.2, 0) is 0 Å². The average molecular weight is 230 g/mol. The van der Waals surface area contributed by atoms with Crippen molar-refractivity contribution in [1.29, 1.82) is 5.26 Å². The largest absolute Gasteiger partial charge is 0.482 e. The zero-order valence-corrected chi connectivity index (χ0v) is 9.62. The van der Waals surface area contributed by atoms with Crippen LogP contribution in [0.15, 0.2) is 30.3 Å². The minimum absolute atomic E-state index is 0.526. The first kappa shape index (κ1) is 10.7. The molecule has 0 spiro atoms. The van der Waals surface area contributed by atoms with Gasteiger partial charge in [0.15, 0.2) is 0 Å². The molecule has 3 nitrogen and oxygen atoms in total. The summed E-state index contributed by atoms with van der Waals surface area (Å²) in [6.45, 7) is 2.44. The van der Waals surface area contributed by atoms with Gasteiger partial charge in [-0.3, -0.25) is 0 Å². The van der Waals surface area contributed by atoms with E-state index in [1.54, 1.807) is 0 Å². The predicted octanol–water partition coefficient (Wildman–Crippen LogP) is 3.08. The first-order valence-corrected chi connectivity index (χ1v) is 5.72. The van der Waals surface area contributed by atoms with Crippen LogP contribution in [0.1, 0.15) is 12.5 Å². The summed E-state index contributed by atoms with van der Waals surface area (Å²) in [7, 11) is 0. The molecule has 0 aliphatic rings. The standard InChI is InChI=1S/C12H10N2OS/c1-2-15-12-10(8-13)11(14-16-12)9-6-4-3-5-7-9/h3-7H,2H2,1H3. The zero-order chi connectivity index (χ0) is 11.4. The van der Waals surface area contributed by atoms with Gasteiger partial charge in [-0.1, -0.05) is 30.3 Å². The van der Waals surface area contributed by atoms with Gasteiger partial charge in [-0.15, -0.1) is 0 Å². The third kappa shape index (κ3) is 1.90. The van der Waals surface area contributed by atoms with Gasteiger partial charge in [-0.05, 0) is 6.92 Å². The zero-order valence-electron chi connectivity index (χ0n) is 8.80. The van der Waals surface area contributed by atoms with Crippen molar-refractivity contribution in [2.24, 2.45) is 0 Å². The van der Waals surface area contributed by atoms with Crippen molar-refractivity contribution in [2.45, 2.75) is 6.92 Å². The SMILES string of the molecule is CCOc1snc(-c2ccccc2)c1C#N. The summed E-state index contributed by atoms with van der Waals surface area (Å²) in [5.74, 6) is 0. The van der Waals surface area contributed by atoms with Crippen molar-refractivity contribution in [3.8, 4) is 22.4 Å². The van der Waals surface area contributed by atoms with E-state index in [9.17, 15) is 0 Å². The molecule has 4 heteroatoms. The van der Waals surface area contributed by atoms with Gasteiger partial charge in [0.1, 0.15) is 17.3 Å². The van der Waals surface area contributed by atoms with Gasteiger partial charge in [0, 0.05) is 17.1 Å². The Bertz CT molecular complexity index is 514. The van der Waals surface area contributed by atoms with Crippen molar-refractivity contribution in [3.05, 3.63) is 35.9 Å². The van der Waals surface area contributed by atoms with Crippen LogP contribution >= 0.6 is 11.5 Å². The Balaban J connectivity index is 2.47. The number of ether oxygens (including phenoxy) is 1. The van der Waals surface area contributed by atoms with Gasteiger partial charge in [0.25, 0.3) is 0 Å². The summed E-state index contributed by atoms with van der Waals surface area (Å²) < 4.78 is 9.63. The molecular weight excluding hydrogens is 220 g/mol. The van der Waals surface area contributed by atoms with E-state index in [0.717, 1.165) is 5.56 Å². The third-order valence-corrected chi connectivity index (χ3v) is 2.86. The van der Waals surface area contributed by atoms with Crippen LogP contribution in [0.4, 0.5) is 0 Å². The second-order valence-corrected chi connectivity index (χ2v) is 3.84. The molecule has 0 radical (unpaired) electrons. The Morgan fingerprint density at radius 3 is 2.75 bits per heavy atom. The topological polar surface area (TPSA) is 45.9 Å². The van der Waals surface area contributed by atoms with Crippen molar-refractivity contribution >= 4 is 11.5 Å². The fourth-order valence-corrected chi connectivity index (χ4v) is 2.17. The van der Waals surface area contributed by atoms with Crippen LogP contribution in [0.3, 0.4) is 0 Å². The molecule has 0 atom stereocenters. The van der Waals surface area contributed by atoms with Crippen LogP contribution in [-0.4, -0.2) is 11.0 Å². The van der Waals surface area contributed by atoms with E-state index in [2.05, 4.69) is 10.4 Å². The molecule has 0 aliphatic heterocycles. The molecule has 2 rings (SSSR count). The number of nitrogens with zero attached hydrogens (tertiary/aromatic N) is 2. The van der Waals surface area contributed by atoms with Crippen LogP contribution in [0.5, 0.6) is 5.06 Å². The van der Waals surface area contributed by atoms with E-state index < -0.39 is 0 Å². The summed E-state index contributed by atoms with van der Waals surface area (Å²) in [6, 6.07) is 11.8. The lowest BCUT2D eigenvalue weighted by Gasteiger charge is -1.99. The summed E-state index contributed by atoms with van der Waals surface area (Å²) in [6.07, 6.45) is 0. The van der Waals surface area contributed by atoms with E-state index in [1.165, 1.54) is 11.5 Å². The molecule has 0 fully saturated rings. The van der Waals surface area contributed by atoms with E-state index in [4.69, 9.17) is 10.00 Å². The molecule has 0 saturated carbocycles. The van der Waals surface area contributed by atoms with Gasteiger partial charge in [-0.25, -0.2) is 0 Å². The predicted molar refractivity (Wildman–Crippen MR) is 63.4 cm³/mol. The number of hydrogen-bond donors (Lipinski definition) is 0. The van der Waals surface area contributed by atoms with E-state index in [-0.39, 0.29) is 0 Å². The highest BCUT2D eigenvalue weighted by Gasteiger charge is 2.15. The maximum absolute atomic E-state index is 9.11. The smallest absolute Gasteiger partial charge is 0.212 e. The molecule has 2 aromatic rings. The number of benzene rings is 1. The summed E-state index contributed by atoms with van der Waals surface area (Å²) in [5, 5.41) is 9.71. The number of nitriles is 1. The Morgan fingerprint density at radius 1 is 1.38 bits per heavy atom. The van der Waals surface area contributed by atoms with Gasteiger partial charge >= 0.3 is 0 Å². The maximum Gasteiger partial charge on any atom is 0.212 e. The summed E-state index contributed by atoms with van der Waals surface area (Å²) in [5.41, 5.74) is 2.18. The van der Waals surface area contributed by atoms with E-state index in [1.807, 2.05) is 37.3 Å². The molecule has 0 saturated heterocycles. The molecule has 80 valence electrons. The van der Waals surface area contributed by atoms with E-state index >= 15 is 0 Å². The molecule has 0 N–H and O–H groups in total. The van der Waals surface area contributed by atoms with Crippen molar-refractivity contribution in [1.82, 2.24) is 4.37 Å². The molecular formula is C12H10N2OS. The second kappa shape index (κ2) is 4.77. The Hall–Kier alpha value is -1.86. The highest BCUT2D eigenvalue weighted by atomic mass is 32.1. The second-order valence-electron chi connectivity index (χ2n) is 3.10. The summed E-state index contributed by atoms with van der Waals surface area (Å²) >= 11 is 1.23. The lowest BCUT2D eigenvalue weighted by molar-refractivity contribution is 0.349. The fourth-order valence-electron chi connectivity index (χ4n) is 1.40. The van der Waals surface area contributed by atoms with Crippen molar-refractivity contribution < 1.29 is 4.74 Å². The highest BCUT2D eigenvalue weighted by Crippen LogP contribution is 2.33. The molecule has 0 unspecified atom stereocenters. The minimum Gasteiger partial charge on any atom is -0.482 e. The Kier molecular flexibility index (Phi) is 3.18. The monoisotopic (exact) mass is 230 g/mol. The third-order valence-electron chi connectivity index (χ3n) is 2.10. The fraction of sp³-hybridized carbons (Fsp3) is 0.167. The molecule has 0 aliphatic carbocycles. The lowest BCUT2D eigenvalue weighted by Crippen LogP contribution is -1.91. The molecule has 0 amide bonds. The lowest BCUT2D eigenvalue weighted by atomic mass is 10.1. The molecule has 1 aromatic carbocycles. The van der Waals surface area contributed by atoms with Crippen LogP contribution in [0, 0.1) is 11.3 Å². The summed E-state index contributed by atoms with van der Waals surface area (Å²) in [4.78, 5) is 0. The first-order chi connectivity index (χ1) is 7.86. The van der Waals surface area contributed by atoms with Crippen molar-refractivity contribution in [3.63, 3.8) is 0 Å². The average Bonchev–Trinajstić information content (AvgIpc) is 2.73. The van der Waals surface area contributed by atoms with Gasteiger partial charge in [0.2, 0.25) is 5.06 Å². The highest BCUT2D eigenvalue weighted by molar-refractivity contribution is 7.08. The molecule has 16 heavy (non-hydrogen) atoms. The van der Waals surface area contributed by atoms with Crippen molar-refractivity contribution in [2.75, 3.05) is 6.61 Å². The molecule has 1 heterocycles. The van der Waals surface area contributed by atoms with Crippen LogP contribution < -0.4 is 4.74 Å². The number of hydrogen-bond acceptors (Lipinski definition) is 4. The molecule has 0 bridgehead atoms. The number of aromatic nitrogens is 1. The first-order valence-electron chi connectivity index (χ1n) is 4.94. The minimum atomic E-state index is 0.526. The van der Waals surface area contributed by atoms with Gasteiger partial charge in [0.05, 0.1) is 6.61 Å². The molecule has 1 aromatic heterocycles. The van der Waals surface area contributed by atoms with Gasteiger partial charge < -0.3 is 4.74 Å². The van der Waals surface area contributed by atoms with Gasteiger partial charge in [-0.2, -0.15) is 9.64 Å². The normalized spacial score (nSPS) is 9.75. The van der Waals surface area contributed by atoms with Crippen LogP contribution in [0.25, 0.3) is 11.3 Å². The Labute approximate surface area is 98.1 Å². The number of rotatable bonds is 3. The van der Waals surface area contributed by atoms with Crippen LogP contribution in [0.2, 0.25) is 0 Å². The maximum atomic E-state index is 9.11. The quantitative estimate of drug-likeness (QED) is 0.814. The Morgan fingerprint density at radius 2 is 2.12 bits per heavy atom. The van der Waals surface area contributed by atoms with E-state index in [0.29, 0.717) is 22.9 Å².